The summed E-state index contributed by atoms with van der Waals surface area (Å²) in [6.07, 6.45) is 3.01. The van der Waals surface area contributed by atoms with Gasteiger partial charge in [-0.3, -0.25) is 4.79 Å². The van der Waals surface area contributed by atoms with Gasteiger partial charge < -0.3 is 24.1 Å². The number of carbonyl (C=O) groups excluding carboxylic acids is 1. The molecule has 1 amide bonds. The first-order valence-corrected chi connectivity index (χ1v) is 11.5. The zero-order valence-electron chi connectivity index (χ0n) is 17.3. The fourth-order valence-electron chi connectivity index (χ4n) is 3.47. The van der Waals surface area contributed by atoms with Crippen molar-refractivity contribution in [3.05, 3.63) is 35.4 Å². The summed E-state index contributed by atoms with van der Waals surface area (Å²) in [5.41, 5.74) is 1.02. The quantitative estimate of drug-likeness (QED) is 0.503. The first kappa shape index (κ1) is 21.1. The van der Waals surface area contributed by atoms with Crippen molar-refractivity contribution >= 4 is 23.5 Å². The van der Waals surface area contributed by atoms with Gasteiger partial charge in [-0.2, -0.15) is 0 Å². The topological polar surface area (TPSA) is 89.7 Å². The Balaban J connectivity index is 1.34. The van der Waals surface area contributed by atoms with Crippen LogP contribution in [0.2, 0.25) is 0 Å². The molecule has 30 heavy (non-hydrogen) atoms. The lowest BCUT2D eigenvalue weighted by molar-refractivity contribution is 0.0834. The molecule has 0 saturated carbocycles. The van der Waals surface area contributed by atoms with E-state index in [-0.39, 0.29) is 12.0 Å². The SMILES string of the molecule is CCc1cc(N2CCOCC2)nc(SCc2ccc(C(=O)NCC3CCCO3)o2)n1. The molecule has 0 bridgehead atoms. The normalized spacial score (nSPS) is 19.2. The van der Waals surface area contributed by atoms with Crippen LogP contribution >= 0.6 is 11.8 Å². The molecule has 4 heterocycles. The lowest BCUT2D eigenvalue weighted by Crippen LogP contribution is -2.37. The number of amides is 1. The molecule has 1 unspecified atom stereocenters. The number of furan rings is 1. The predicted molar refractivity (Wildman–Crippen MR) is 114 cm³/mol. The largest absolute Gasteiger partial charge is 0.455 e. The van der Waals surface area contributed by atoms with Crippen LogP contribution in [-0.4, -0.2) is 61.4 Å². The lowest BCUT2D eigenvalue weighted by atomic mass is 10.2. The van der Waals surface area contributed by atoms with Crippen molar-refractivity contribution in [2.45, 2.75) is 43.2 Å². The lowest BCUT2D eigenvalue weighted by Gasteiger charge is -2.28. The fourth-order valence-corrected chi connectivity index (χ4v) is 4.24. The van der Waals surface area contributed by atoms with Gasteiger partial charge in [-0.05, 0) is 31.4 Å². The molecule has 9 heteroatoms. The maximum absolute atomic E-state index is 12.3. The highest BCUT2D eigenvalue weighted by Gasteiger charge is 2.19. The Kier molecular flexibility index (Phi) is 7.24. The van der Waals surface area contributed by atoms with Gasteiger partial charge in [0.25, 0.3) is 5.91 Å². The number of hydrogen-bond acceptors (Lipinski definition) is 8. The summed E-state index contributed by atoms with van der Waals surface area (Å²) in [7, 11) is 0. The summed E-state index contributed by atoms with van der Waals surface area (Å²) in [5, 5.41) is 3.60. The Labute approximate surface area is 180 Å². The van der Waals surface area contributed by atoms with Crippen LogP contribution in [0.1, 0.15) is 41.8 Å². The molecule has 2 aliphatic heterocycles. The van der Waals surface area contributed by atoms with E-state index in [1.807, 2.05) is 6.07 Å². The summed E-state index contributed by atoms with van der Waals surface area (Å²) in [6, 6.07) is 5.60. The van der Waals surface area contributed by atoms with E-state index in [2.05, 4.69) is 28.2 Å². The third kappa shape index (κ3) is 5.53. The number of anilines is 1. The molecule has 1 atom stereocenters. The third-order valence-corrected chi connectivity index (χ3v) is 6.06. The van der Waals surface area contributed by atoms with Gasteiger partial charge in [0.2, 0.25) is 0 Å². The summed E-state index contributed by atoms with van der Waals surface area (Å²) >= 11 is 1.51. The van der Waals surface area contributed by atoms with Crippen molar-refractivity contribution in [2.75, 3.05) is 44.4 Å². The van der Waals surface area contributed by atoms with Gasteiger partial charge in [0.1, 0.15) is 11.6 Å². The van der Waals surface area contributed by atoms with E-state index < -0.39 is 0 Å². The standard InChI is InChI=1S/C21H28N4O4S/c1-2-15-12-19(25-7-10-27-11-8-25)24-21(23-15)30-14-17-5-6-18(29-17)20(26)22-13-16-4-3-9-28-16/h5-6,12,16H,2-4,7-11,13-14H2,1H3,(H,22,26). The molecule has 8 nitrogen and oxygen atoms in total. The average Bonchev–Trinajstić information content (AvgIpc) is 3.48. The summed E-state index contributed by atoms with van der Waals surface area (Å²) in [5.74, 6) is 2.35. The number of rotatable bonds is 8. The molecule has 0 aliphatic carbocycles. The van der Waals surface area contributed by atoms with E-state index in [1.165, 1.54) is 11.8 Å². The van der Waals surface area contributed by atoms with Crippen LogP contribution in [0.4, 0.5) is 5.82 Å². The second kappa shape index (κ2) is 10.3. The second-order valence-electron chi connectivity index (χ2n) is 7.35. The van der Waals surface area contributed by atoms with E-state index in [9.17, 15) is 4.79 Å². The highest BCUT2D eigenvalue weighted by molar-refractivity contribution is 7.98. The van der Waals surface area contributed by atoms with Gasteiger partial charge in [0.05, 0.1) is 25.1 Å². The number of thioether (sulfide) groups is 1. The zero-order valence-corrected chi connectivity index (χ0v) is 18.1. The Hall–Kier alpha value is -2.10. The predicted octanol–water partition coefficient (Wildman–Crippen LogP) is 2.67. The molecule has 2 aromatic heterocycles. The first-order chi connectivity index (χ1) is 14.7. The van der Waals surface area contributed by atoms with Crippen LogP contribution in [-0.2, 0) is 21.6 Å². The highest BCUT2D eigenvalue weighted by atomic mass is 32.2. The van der Waals surface area contributed by atoms with Crippen molar-refractivity contribution < 1.29 is 18.7 Å². The van der Waals surface area contributed by atoms with Crippen molar-refractivity contribution in [1.29, 1.82) is 0 Å². The Morgan fingerprint density at radius 2 is 2.13 bits per heavy atom. The van der Waals surface area contributed by atoms with Crippen LogP contribution in [0.25, 0.3) is 0 Å². The summed E-state index contributed by atoms with van der Waals surface area (Å²) in [6.45, 7) is 6.51. The molecule has 1 N–H and O–H groups in total. The Morgan fingerprint density at radius 1 is 1.27 bits per heavy atom. The van der Waals surface area contributed by atoms with E-state index in [1.54, 1.807) is 6.07 Å². The monoisotopic (exact) mass is 432 g/mol. The van der Waals surface area contributed by atoms with Crippen molar-refractivity contribution in [1.82, 2.24) is 15.3 Å². The van der Waals surface area contributed by atoms with Gasteiger partial charge in [0, 0.05) is 38.0 Å². The van der Waals surface area contributed by atoms with Crippen molar-refractivity contribution in [3.8, 4) is 0 Å². The molecule has 162 valence electrons. The minimum Gasteiger partial charge on any atom is -0.455 e. The molecule has 0 spiro atoms. The number of carbonyl (C=O) groups is 1. The summed E-state index contributed by atoms with van der Waals surface area (Å²) in [4.78, 5) is 23.9. The number of hydrogen-bond donors (Lipinski definition) is 1. The third-order valence-electron chi connectivity index (χ3n) is 5.19. The van der Waals surface area contributed by atoms with Gasteiger partial charge in [-0.15, -0.1) is 0 Å². The van der Waals surface area contributed by atoms with E-state index >= 15 is 0 Å². The number of nitrogens with one attached hydrogen (secondary N) is 1. The molecule has 2 aromatic rings. The van der Waals surface area contributed by atoms with Gasteiger partial charge in [-0.1, -0.05) is 18.7 Å². The first-order valence-electron chi connectivity index (χ1n) is 10.5. The van der Waals surface area contributed by atoms with E-state index in [4.69, 9.17) is 18.9 Å². The van der Waals surface area contributed by atoms with Crippen LogP contribution in [0.15, 0.2) is 27.8 Å². The molecule has 0 aromatic carbocycles. The summed E-state index contributed by atoms with van der Waals surface area (Å²) < 4.78 is 16.7. The maximum atomic E-state index is 12.3. The number of morpholine rings is 1. The molecular formula is C21H28N4O4S. The Bertz CT molecular complexity index is 847. The van der Waals surface area contributed by atoms with Crippen molar-refractivity contribution in [3.63, 3.8) is 0 Å². The maximum Gasteiger partial charge on any atom is 0.287 e. The number of aryl methyl sites for hydroxylation is 1. The second-order valence-corrected chi connectivity index (χ2v) is 8.30. The number of aromatic nitrogens is 2. The number of nitrogens with zero attached hydrogens (tertiary/aromatic N) is 3. The molecule has 2 aliphatic rings. The Morgan fingerprint density at radius 3 is 2.90 bits per heavy atom. The minimum atomic E-state index is -0.208. The minimum absolute atomic E-state index is 0.114. The van der Waals surface area contributed by atoms with E-state index in [0.29, 0.717) is 18.1 Å². The van der Waals surface area contributed by atoms with Gasteiger partial charge in [-0.25, -0.2) is 9.97 Å². The van der Waals surface area contributed by atoms with Gasteiger partial charge >= 0.3 is 0 Å². The van der Waals surface area contributed by atoms with Crippen LogP contribution < -0.4 is 10.2 Å². The van der Waals surface area contributed by atoms with Crippen LogP contribution in [0.5, 0.6) is 0 Å². The van der Waals surface area contributed by atoms with E-state index in [0.717, 1.165) is 74.6 Å². The van der Waals surface area contributed by atoms with Crippen LogP contribution in [0, 0.1) is 0 Å². The smallest absolute Gasteiger partial charge is 0.287 e. The molecule has 2 fully saturated rings. The molecule has 4 rings (SSSR count). The average molecular weight is 433 g/mol. The molecule has 2 saturated heterocycles. The fraction of sp³-hybridized carbons (Fsp3) is 0.571. The number of ether oxygens (including phenoxy) is 2. The van der Waals surface area contributed by atoms with Crippen molar-refractivity contribution in [2.24, 2.45) is 0 Å². The highest BCUT2D eigenvalue weighted by Crippen LogP contribution is 2.24. The molecular weight excluding hydrogens is 404 g/mol. The zero-order chi connectivity index (χ0) is 20.8. The van der Waals surface area contributed by atoms with Crippen LogP contribution in [0.3, 0.4) is 0 Å². The molecule has 0 radical (unpaired) electrons. The van der Waals surface area contributed by atoms with Gasteiger partial charge in [0.15, 0.2) is 10.9 Å².